The van der Waals surface area contributed by atoms with Crippen LogP contribution in [-0.2, 0) is 43.2 Å². The van der Waals surface area contributed by atoms with E-state index in [1.54, 1.807) is 0 Å². The molecule has 0 aromatic carbocycles. The molecule has 0 saturated carbocycles. The number of nitrogens with one attached hydrogen (secondary N) is 7. The molecule has 0 radical (unpaired) electrons. The third-order valence-electron chi connectivity index (χ3n) is 10.8. The fourth-order valence-electron chi connectivity index (χ4n) is 7.64. The highest BCUT2D eigenvalue weighted by Gasteiger charge is 2.39. The minimum atomic E-state index is -1.19. The molecule has 1 heterocycles. The molecule has 65 heavy (non-hydrogen) atoms. The first-order valence-corrected chi connectivity index (χ1v) is 23.5. The van der Waals surface area contributed by atoms with Gasteiger partial charge < -0.3 is 53.0 Å². The van der Waals surface area contributed by atoms with Gasteiger partial charge in [-0.2, -0.15) is 0 Å². The van der Waals surface area contributed by atoms with E-state index < -0.39 is 108 Å². The summed E-state index contributed by atoms with van der Waals surface area (Å²) in [6.45, 7) is 23.7. The summed E-state index contributed by atoms with van der Waals surface area (Å²) in [5.74, 6) is -5.92. The summed E-state index contributed by atoms with van der Waals surface area (Å²) < 4.78 is 0. The van der Waals surface area contributed by atoms with E-state index in [1.807, 2.05) is 83.1 Å². The predicted octanol–water partition coefficient (Wildman–Crippen LogP) is 1.71. The number of nitrogens with zero attached hydrogens (tertiary/aromatic N) is 1. The Kier molecular flexibility index (Phi) is 25.3. The number of likely N-dealkylation sites (tertiary alicyclic amines) is 1. The summed E-state index contributed by atoms with van der Waals surface area (Å²) in [4.78, 5) is 121. The van der Waals surface area contributed by atoms with Crippen molar-refractivity contribution in [2.75, 3.05) is 13.1 Å². The number of carboxylic acids is 1. The van der Waals surface area contributed by atoms with E-state index in [9.17, 15) is 48.3 Å². The van der Waals surface area contributed by atoms with Crippen molar-refractivity contribution >= 4 is 53.2 Å². The highest BCUT2D eigenvalue weighted by Crippen LogP contribution is 2.21. The third kappa shape index (κ3) is 21.8. The Hall–Kier alpha value is -4.81. The van der Waals surface area contributed by atoms with Crippen molar-refractivity contribution in [3.05, 3.63) is 0 Å². The first kappa shape index (κ1) is 58.2. The minimum Gasteiger partial charge on any atom is -0.480 e. The predicted molar refractivity (Wildman–Crippen MR) is 247 cm³/mol. The maximum atomic E-state index is 13.8. The number of carboxylic acid groups (broad SMARTS) is 1. The van der Waals surface area contributed by atoms with Gasteiger partial charge in [-0.1, -0.05) is 83.1 Å². The summed E-state index contributed by atoms with van der Waals surface area (Å²) in [5, 5.41) is 28.2. The van der Waals surface area contributed by atoms with Gasteiger partial charge in [-0.3, -0.25) is 38.4 Å². The van der Waals surface area contributed by atoms with Crippen LogP contribution in [0.4, 0.5) is 0 Å². The quantitative estimate of drug-likeness (QED) is 0.0545. The molecular formula is C46H83N9O10. The number of carbonyl (C=O) groups is 9. The second-order valence-corrected chi connectivity index (χ2v) is 20.2. The lowest BCUT2D eigenvalue weighted by Gasteiger charge is -2.31. The first-order valence-electron chi connectivity index (χ1n) is 23.5. The van der Waals surface area contributed by atoms with Crippen molar-refractivity contribution in [3.8, 4) is 0 Å². The van der Waals surface area contributed by atoms with E-state index in [4.69, 9.17) is 5.73 Å². The van der Waals surface area contributed by atoms with Gasteiger partial charge in [0.05, 0.1) is 12.6 Å². The third-order valence-corrected chi connectivity index (χ3v) is 10.8. The Morgan fingerprint density at radius 3 is 1.38 bits per heavy atom. The molecule has 0 aromatic rings. The van der Waals surface area contributed by atoms with E-state index >= 15 is 0 Å². The van der Waals surface area contributed by atoms with Crippen molar-refractivity contribution in [1.82, 2.24) is 42.1 Å². The zero-order valence-electron chi connectivity index (χ0n) is 41.3. The van der Waals surface area contributed by atoms with Gasteiger partial charge in [0.25, 0.3) is 0 Å². The molecule has 0 bridgehead atoms. The van der Waals surface area contributed by atoms with Gasteiger partial charge in [0.2, 0.25) is 47.3 Å². The van der Waals surface area contributed by atoms with Crippen LogP contribution in [-0.4, -0.2) is 125 Å². The topological polar surface area (TPSA) is 287 Å². The van der Waals surface area contributed by atoms with Crippen LogP contribution in [0.3, 0.4) is 0 Å². The molecule has 1 rings (SSSR count). The number of rotatable bonds is 28. The molecule has 0 aromatic heterocycles. The lowest BCUT2D eigenvalue weighted by molar-refractivity contribution is -0.143. The van der Waals surface area contributed by atoms with E-state index in [-0.39, 0.29) is 67.7 Å². The second-order valence-electron chi connectivity index (χ2n) is 20.2. The van der Waals surface area contributed by atoms with Gasteiger partial charge in [-0.15, -0.1) is 0 Å². The van der Waals surface area contributed by atoms with E-state index in [2.05, 4.69) is 37.2 Å². The summed E-state index contributed by atoms with van der Waals surface area (Å²) in [5.41, 5.74) is 6.10. The second kappa shape index (κ2) is 28.3. The van der Waals surface area contributed by atoms with Gasteiger partial charge >= 0.3 is 5.97 Å². The number of nitrogens with two attached hydrogens (primary N) is 1. The van der Waals surface area contributed by atoms with E-state index in [1.165, 1.54) is 11.8 Å². The Morgan fingerprint density at radius 2 is 0.908 bits per heavy atom. The summed E-state index contributed by atoms with van der Waals surface area (Å²) >= 11 is 0. The fourth-order valence-corrected chi connectivity index (χ4v) is 7.64. The number of aliphatic carboxylic acids is 1. The minimum absolute atomic E-state index is 0.0148. The largest absolute Gasteiger partial charge is 0.480 e. The number of hydrogen-bond donors (Lipinski definition) is 9. The lowest BCUT2D eigenvalue weighted by atomic mass is 9.99. The van der Waals surface area contributed by atoms with Crippen LogP contribution in [0.15, 0.2) is 0 Å². The Bertz CT molecular complexity index is 1620. The standard InChI is InChI=1S/C46H83N9O10/c1-24(2)17-31(47)40(58)53-35(21-28(9)10)45(63)55-16-14-15-37(55)44(62)49-30(13)39(57)51-32(18-25(3)4)41(59)48-23-38(56)50-33(19-26(5)6)42(60)52-34(20-27(7)8)43(61)54-36(46(64)65)22-29(11)12/h24-37H,14-23,47H2,1-13H3,(H,48,59)(H,49,62)(H,50,56)(H,51,57)(H,52,60)(H,53,58)(H,54,61)(H,64,65)/t30-,31-,32-,33-,34-,35-,36-,37-/m0/s1. The van der Waals surface area contributed by atoms with Crippen molar-refractivity contribution in [3.63, 3.8) is 0 Å². The van der Waals surface area contributed by atoms with Crippen molar-refractivity contribution in [1.29, 1.82) is 0 Å². The Morgan fingerprint density at radius 1 is 0.508 bits per heavy atom. The lowest BCUT2D eigenvalue weighted by Crippen LogP contribution is -2.58. The molecule has 1 fully saturated rings. The Labute approximate surface area is 386 Å². The van der Waals surface area contributed by atoms with Crippen LogP contribution in [0, 0.1) is 35.5 Å². The van der Waals surface area contributed by atoms with Gasteiger partial charge in [-0.05, 0) is 93.8 Å². The molecule has 1 aliphatic heterocycles. The molecule has 19 heteroatoms. The van der Waals surface area contributed by atoms with Gasteiger partial charge in [-0.25, -0.2) is 4.79 Å². The average molecular weight is 922 g/mol. The molecular weight excluding hydrogens is 839 g/mol. The van der Waals surface area contributed by atoms with Crippen LogP contribution in [0.2, 0.25) is 0 Å². The summed E-state index contributed by atoms with van der Waals surface area (Å²) in [7, 11) is 0. The van der Waals surface area contributed by atoms with Crippen molar-refractivity contribution in [2.45, 2.75) is 190 Å². The van der Waals surface area contributed by atoms with Gasteiger partial charge in [0, 0.05) is 6.54 Å². The smallest absolute Gasteiger partial charge is 0.326 e. The first-order chi connectivity index (χ1) is 30.1. The van der Waals surface area contributed by atoms with E-state index in [0.717, 1.165) is 0 Å². The summed E-state index contributed by atoms with van der Waals surface area (Å²) in [6, 6.07) is -8.10. The van der Waals surface area contributed by atoms with Crippen molar-refractivity contribution < 1.29 is 48.3 Å². The van der Waals surface area contributed by atoms with Gasteiger partial charge in [0.15, 0.2) is 0 Å². The van der Waals surface area contributed by atoms with Crippen LogP contribution in [0.25, 0.3) is 0 Å². The van der Waals surface area contributed by atoms with Crippen LogP contribution < -0.4 is 43.0 Å². The molecule has 0 unspecified atom stereocenters. The monoisotopic (exact) mass is 922 g/mol. The molecule has 372 valence electrons. The molecule has 8 amide bonds. The number of hydrogen-bond acceptors (Lipinski definition) is 10. The van der Waals surface area contributed by atoms with Crippen LogP contribution >= 0.6 is 0 Å². The molecule has 1 aliphatic rings. The Balaban J connectivity index is 3.03. The van der Waals surface area contributed by atoms with Crippen molar-refractivity contribution in [2.24, 2.45) is 41.2 Å². The molecule has 1 saturated heterocycles. The van der Waals surface area contributed by atoms with Crippen LogP contribution in [0.5, 0.6) is 0 Å². The average Bonchev–Trinajstić information content (AvgIpc) is 3.67. The zero-order valence-corrected chi connectivity index (χ0v) is 41.3. The SMILES string of the molecule is CC(C)C[C@H](NC(=O)[C@H](CC(C)C)NC(=O)[C@H](CC(C)C)NC(=O)CNC(=O)[C@H](CC(C)C)NC(=O)[C@H](C)NC(=O)[C@@H]1CCCN1C(=O)[C@H](CC(C)C)NC(=O)[C@@H](N)CC(C)C)C(=O)O. The highest BCUT2D eigenvalue weighted by molar-refractivity contribution is 5.97. The number of carbonyl (C=O) groups excluding carboxylic acids is 8. The molecule has 8 atom stereocenters. The molecule has 10 N–H and O–H groups in total. The normalized spacial score (nSPS) is 17.2. The fraction of sp³-hybridized carbons (Fsp3) is 0.804. The maximum Gasteiger partial charge on any atom is 0.326 e. The molecule has 0 aliphatic carbocycles. The maximum absolute atomic E-state index is 13.8. The highest BCUT2D eigenvalue weighted by atomic mass is 16.4. The van der Waals surface area contributed by atoms with Crippen LogP contribution in [0.1, 0.15) is 141 Å². The zero-order chi connectivity index (χ0) is 49.9. The van der Waals surface area contributed by atoms with E-state index in [0.29, 0.717) is 25.7 Å². The molecule has 19 nitrogen and oxygen atoms in total. The molecule has 0 spiro atoms. The number of amides is 8. The summed E-state index contributed by atoms with van der Waals surface area (Å²) in [6.07, 6.45) is 2.45. The van der Waals surface area contributed by atoms with Gasteiger partial charge in [0.1, 0.15) is 42.3 Å².